The van der Waals surface area contributed by atoms with Crippen LogP contribution in [0.3, 0.4) is 0 Å². The van der Waals surface area contributed by atoms with Crippen molar-refractivity contribution in [1.82, 2.24) is 5.32 Å². The van der Waals surface area contributed by atoms with Gasteiger partial charge in [0.15, 0.2) is 0 Å². The third-order valence-electron chi connectivity index (χ3n) is 2.80. The van der Waals surface area contributed by atoms with E-state index < -0.39 is 0 Å². The summed E-state index contributed by atoms with van der Waals surface area (Å²) in [7, 11) is 0. The van der Waals surface area contributed by atoms with E-state index >= 15 is 0 Å². The second-order valence-electron chi connectivity index (χ2n) is 4.08. The van der Waals surface area contributed by atoms with Crippen molar-refractivity contribution in [3.8, 4) is 5.75 Å². The van der Waals surface area contributed by atoms with Gasteiger partial charge in [-0.3, -0.25) is 4.79 Å². The zero-order valence-corrected chi connectivity index (χ0v) is 9.07. The molecule has 1 aliphatic rings. The SMILES string of the molecule is O=C(Nc1ccc(O)cc1)C1CCCNC1. The van der Waals surface area contributed by atoms with Crippen molar-refractivity contribution >= 4 is 11.6 Å². The van der Waals surface area contributed by atoms with Crippen LogP contribution in [0.25, 0.3) is 0 Å². The summed E-state index contributed by atoms with van der Waals surface area (Å²) >= 11 is 0. The molecular formula is C12H16N2O2. The number of phenols is 1. The third kappa shape index (κ3) is 2.73. The number of carbonyl (C=O) groups excluding carboxylic acids is 1. The average Bonchev–Trinajstić information content (AvgIpc) is 2.33. The van der Waals surface area contributed by atoms with Crippen molar-refractivity contribution in [1.29, 1.82) is 0 Å². The Bertz CT molecular complexity index is 356. The number of piperidine rings is 1. The predicted octanol–water partition coefficient (Wildman–Crippen LogP) is 1.33. The first-order chi connectivity index (χ1) is 7.75. The number of hydrogen-bond acceptors (Lipinski definition) is 3. The van der Waals surface area contributed by atoms with Gasteiger partial charge in [0.05, 0.1) is 5.92 Å². The minimum absolute atomic E-state index is 0.0536. The zero-order chi connectivity index (χ0) is 11.4. The summed E-state index contributed by atoms with van der Waals surface area (Å²) < 4.78 is 0. The van der Waals surface area contributed by atoms with Crippen molar-refractivity contribution in [3.05, 3.63) is 24.3 Å². The maximum atomic E-state index is 11.8. The number of hydrogen-bond donors (Lipinski definition) is 3. The molecule has 1 saturated heterocycles. The van der Waals surface area contributed by atoms with E-state index in [0.717, 1.165) is 31.6 Å². The first-order valence-corrected chi connectivity index (χ1v) is 5.56. The summed E-state index contributed by atoms with van der Waals surface area (Å²) in [6.07, 6.45) is 1.99. The monoisotopic (exact) mass is 220 g/mol. The predicted molar refractivity (Wildman–Crippen MR) is 62.3 cm³/mol. The Labute approximate surface area is 94.7 Å². The second kappa shape index (κ2) is 4.99. The van der Waals surface area contributed by atoms with Gasteiger partial charge in [-0.25, -0.2) is 0 Å². The fraction of sp³-hybridized carbons (Fsp3) is 0.417. The molecule has 0 spiro atoms. The van der Waals surface area contributed by atoms with Gasteiger partial charge in [-0.15, -0.1) is 0 Å². The number of nitrogens with one attached hydrogen (secondary N) is 2. The maximum Gasteiger partial charge on any atom is 0.228 e. The van der Waals surface area contributed by atoms with Gasteiger partial charge < -0.3 is 15.7 Å². The number of aromatic hydroxyl groups is 1. The molecule has 1 unspecified atom stereocenters. The molecule has 0 radical (unpaired) electrons. The van der Waals surface area contributed by atoms with Gasteiger partial charge in [0, 0.05) is 12.2 Å². The molecule has 1 aromatic rings. The summed E-state index contributed by atoms with van der Waals surface area (Å²) in [5, 5.41) is 15.2. The lowest BCUT2D eigenvalue weighted by Gasteiger charge is -2.21. The highest BCUT2D eigenvalue weighted by Crippen LogP contribution is 2.16. The molecule has 1 amide bonds. The molecule has 4 heteroatoms. The molecule has 1 aromatic carbocycles. The van der Waals surface area contributed by atoms with Gasteiger partial charge in [-0.05, 0) is 43.7 Å². The van der Waals surface area contributed by atoms with Gasteiger partial charge in [0.25, 0.3) is 0 Å². The minimum Gasteiger partial charge on any atom is -0.508 e. The molecule has 1 fully saturated rings. The maximum absolute atomic E-state index is 11.8. The average molecular weight is 220 g/mol. The molecule has 1 atom stereocenters. The van der Waals surface area contributed by atoms with E-state index in [2.05, 4.69) is 10.6 Å². The Morgan fingerprint density at radius 2 is 2.12 bits per heavy atom. The van der Waals surface area contributed by atoms with E-state index in [1.165, 1.54) is 0 Å². The van der Waals surface area contributed by atoms with E-state index in [1.807, 2.05) is 0 Å². The van der Waals surface area contributed by atoms with Crippen LogP contribution in [0.1, 0.15) is 12.8 Å². The van der Waals surface area contributed by atoms with Crippen LogP contribution >= 0.6 is 0 Å². The standard InChI is InChI=1S/C12H16N2O2/c15-11-5-3-10(4-6-11)14-12(16)9-2-1-7-13-8-9/h3-6,9,13,15H,1-2,7-8H2,(H,14,16). The van der Waals surface area contributed by atoms with E-state index in [1.54, 1.807) is 24.3 Å². The summed E-state index contributed by atoms with van der Waals surface area (Å²) in [6, 6.07) is 6.52. The number of phenolic OH excluding ortho intramolecular Hbond substituents is 1. The summed E-state index contributed by atoms with van der Waals surface area (Å²) in [5.74, 6) is 0.317. The van der Waals surface area contributed by atoms with Gasteiger partial charge in [-0.2, -0.15) is 0 Å². The van der Waals surface area contributed by atoms with Crippen LogP contribution in [0.15, 0.2) is 24.3 Å². The Morgan fingerprint density at radius 1 is 1.38 bits per heavy atom. The van der Waals surface area contributed by atoms with Gasteiger partial charge in [-0.1, -0.05) is 0 Å². The molecule has 1 aliphatic heterocycles. The molecule has 1 heterocycles. The Balaban J connectivity index is 1.93. The third-order valence-corrected chi connectivity index (χ3v) is 2.80. The van der Waals surface area contributed by atoms with Crippen LogP contribution in [0.5, 0.6) is 5.75 Å². The van der Waals surface area contributed by atoms with E-state index in [-0.39, 0.29) is 17.6 Å². The normalized spacial score (nSPS) is 20.4. The Hall–Kier alpha value is -1.55. The van der Waals surface area contributed by atoms with Crippen LogP contribution in [0, 0.1) is 5.92 Å². The van der Waals surface area contributed by atoms with E-state index in [9.17, 15) is 4.79 Å². The minimum atomic E-state index is 0.0536. The molecular weight excluding hydrogens is 204 g/mol. The number of carbonyl (C=O) groups is 1. The van der Waals surface area contributed by atoms with Gasteiger partial charge in [0.1, 0.15) is 5.75 Å². The van der Waals surface area contributed by atoms with Crippen molar-refractivity contribution < 1.29 is 9.90 Å². The largest absolute Gasteiger partial charge is 0.508 e. The number of rotatable bonds is 2. The Morgan fingerprint density at radius 3 is 2.75 bits per heavy atom. The topological polar surface area (TPSA) is 61.4 Å². The highest BCUT2D eigenvalue weighted by molar-refractivity contribution is 5.92. The molecule has 2 rings (SSSR count). The molecule has 0 saturated carbocycles. The molecule has 16 heavy (non-hydrogen) atoms. The quantitative estimate of drug-likeness (QED) is 0.659. The van der Waals surface area contributed by atoms with E-state index in [0.29, 0.717) is 0 Å². The number of benzene rings is 1. The van der Waals surface area contributed by atoms with Crippen molar-refractivity contribution in [2.24, 2.45) is 5.92 Å². The highest BCUT2D eigenvalue weighted by atomic mass is 16.3. The lowest BCUT2D eigenvalue weighted by molar-refractivity contribution is -0.120. The summed E-state index contributed by atoms with van der Waals surface area (Å²) in [4.78, 5) is 11.8. The zero-order valence-electron chi connectivity index (χ0n) is 9.07. The number of amides is 1. The van der Waals surface area contributed by atoms with Gasteiger partial charge in [0.2, 0.25) is 5.91 Å². The summed E-state index contributed by atoms with van der Waals surface area (Å²) in [6.45, 7) is 1.76. The molecule has 4 nitrogen and oxygen atoms in total. The Kier molecular flexibility index (Phi) is 3.41. The molecule has 3 N–H and O–H groups in total. The van der Waals surface area contributed by atoms with Crippen LogP contribution in [-0.2, 0) is 4.79 Å². The molecule has 0 bridgehead atoms. The van der Waals surface area contributed by atoms with Crippen LogP contribution < -0.4 is 10.6 Å². The van der Waals surface area contributed by atoms with Crippen LogP contribution in [0.2, 0.25) is 0 Å². The fourth-order valence-electron chi connectivity index (χ4n) is 1.86. The van der Waals surface area contributed by atoms with Crippen molar-refractivity contribution in [2.45, 2.75) is 12.8 Å². The molecule has 86 valence electrons. The fourth-order valence-corrected chi connectivity index (χ4v) is 1.86. The molecule has 0 aliphatic carbocycles. The van der Waals surface area contributed by atoms with E-state index in [4.69, 9.17) is 5.11 Å². The lowest BCUT2D eigenvalue weighted by atomic mass is 9.99. The highest BCUT2D eigenvalue weighted by Gasteiger charge is 2.20. The van der Waals surface area contributed by atoms with Gasteiger partial charge >= 0.3 is 0 Å². The smallest absolute Gasteiger partial charge is 0.228 e. The van der Waals surface area contributed by atoms with Crippen molar-refractivity contribution in [3.63, 3.8) is 0 Å². The first-order valence-electron chi connectivity index (χ1n) is 5.56. The number of anilines is 1. The van der Waals surface area contributed by atoms with Crippen LogP contribution in [-0.4, -0.2) is 24.1 Å². The van der Waals surface area contributed by atoms with Crippen LogP contribution in [0.4, 0.5) is 5.69 Å². The lowest BCUT2D eigenvalue weighted by Crippen LogP contribution is -2.37. The first kappa shape index (κ1) is 11.0. The molecule has 0 aromatic heterocycles. The summed E-state index contributed by atoms with van der Waals surface area (Å²) in [5.41, 5.74) is 0.730. The van der Waals surface area contributed by atoms with Crippen molar-refractivity contribution in [2.75, 3.05) is 18.4 Å². The second-order valence-corrected chi connectivity index (χ2v) is 4.08.